The van der Waals surface area contributed by atoms with Crippen LogP contribution in [0.15, 0.2) is 35.7 Å². The van der Waals surface area contributed by atoms with Crippen molar-refractivity contribution in [2.45, 2.75) is 6.92 Å². The summed E-state index contributed by atoms with van der Waals surface area (Å²) in [6, 6.07) is 8.35. The lowest BCUT2D eigenvalue weighted by Crippen LogP contribution is -2.12. The van der Waals surface area contributed by atoms with Crippen molar-refractivity contribution in [3.63, 3.8) is 0 Å². The Morgan fingerprint density at radius 1 is 1.35 bits per heavy atom. The Bertz CT molecular complexity index is 856. The first-order valence-corrected chi connectivity index (χ1v) is 8.48. The number of methoxy groups -OCH3 is 1. The number of hydrogen-bond acceptors (Lipinski definition) is 4. The average Bonchev–Trinajstić information content (AvgIpc) is 2.85. The van der Waals surface area contributed by atoms with E-state index < -0.39 is 16.0 Å². The minimum atomic E-state index is -3.82. The van der Waals surface area contributed by atoms with Gasteiger partial charge in [-0.15, -0.1) is 0 Å². The molecule has 0 atom stereocenters. The van der Waals surface area contributed by atoms with Gasteiger partial charge in [0.1, 0.15) is 5.69 Å². The summed E-state index contributed by atoms with van der Waals surface area (Å²) in [6.07, 6.45) is 1.38. The highest BCUT2D eigenvalue weighted by Gasteiger charge is 2.18. The summed E-state index contributed by atoms with van der Waals surface area (Å²) < 4.78 is 31.2. The zero-order valence-electron chi connectivity index (χ0n) is 12.5. The summed E-state index contributed by atoms with van der Waals surface area (Å²) in [4.78, 5) is 14.4. The summed E-state index contributed by atoms with van der Waals surface area (Å²) >= 11 is 5.97. The normalized spacial score (nSPS) is 11.6. The van der Waals surface area contributed by atoms with Crippen LogP contribution in [0, 0.1) is 6.92 Å². The number of carbonyl (C=O) groups excluding carboxylic acids is 1. The predicted octanol–water partition coefficient (Wildman–Crippen LogP) is 3.18. The molecule has 122 valence electrons. The van der Waals surface area contributed by atoms with Crippen molar-refractivity contribution in [3.8, 4) is 0 Å². The summed E-state index contributed by atoms with van der Waals surface area (Å²) in [5, 5.41) is 1.42. The Labute approximate surface area is 139 Å². The molecule has 1 aromatic heterocycles. The molecule has 0 saturated heterocycles. The molecule has 0 spiro atoms. The van der Waals surface area contributed by atoms with Crippen LogP contribution < -0.4 is 4.72 Å². The van der Waals surface area contributed by atoms with Crippen LogP contribution in [0.1, 0.15) is 21.7 Å². The third kappa shape index (κ3) is 4.37. The van der Waals surface area contributed by atoms with Gasteiger partial charge >= 0.3 is 5.97 Å². The number of aromatic amines is 1. The van der Waals surface area contributed by atoms with Gasteiger partial charge in [0.15, 0.2) is 0 Å². The molecule has 0 unspecified atom stereocenters. The minimum absolute atomic E-state index is 0.0414. The number of aromatic nitrogens is 1. The van der Waals surface area contributed by atoms with E-state index in [-0.39, 0.29) is 11.4 Å². The van der Waals surface area contributed by atoms with Crippen molar-refractivity contribution in [2.75, 3.05) is 11.8 Å². The topological polar surface area (TPSA) is 88.3 Å². The van der Waals surface area contributed by atoms with Gasteiger partial charge in [0, 0.05) is 10.7 Å². The highest BCUT2D eigenvalue weighted by Crippen LogP contribution is 2.21. The van der Waals surface area contributed by atoms with Crippen LogP contribution >= 0.6 is 11.6 Å². The van der Waals surface area contributed by atoms with E-state index in [4.69, 9.17) is 11.6 Å². The van der Waals surface area contributed by atoms with Crippen LogP contribution in [-0.4, -0.2) is 26.5 Å². The van der Waals surface area contributed by atoms with E-state index in [2.05, 4.69) is 14.4 Å². The summed E-state index contributed by atoms with van der Waals surface area (Å²) in [5.74, 6) is -0.661. The molecular formula is C15H15ClN2O4S. The molecule has 0 aliphatic rings. The van der Waals surface area contributed by atoms with E-state index in [1.54, 1.807) is 31.2 Å². The van der Waals surface area contributed by atoms with E-state index >= 15 is 0 Å². The van der Waals surface area contributed by atoms with Crippen molar-refractivity contribution >= 4 is 39.4 Å². The van der Waals surface area contributed by atoms with Gasteiger partial charge in [-0.1, -0.05) is 29.8 Å². The number of sulfonamides is 1. The third-order valence-electron chi connectivity index (χ3n) is 2.93. The molecule has 8 heteroatoms. The number of halogens is 1. The first-order chi connectivity index (χ1) is 10.8. The SMILES string of the molecule is COC(=O)c1[nH]c(C)cc1NS(=O)(=O)/C=C/c1ccccc1Cl. The molecule has 23 heavy (non-hydrogen) atoms. The maximum Gasteiger partial charge on any atom is 0.356 e. The lowest BCUT2D eigenvalue weighted by atomic mass is 10.2. The van der Waals surface area contributed by atoms with Crippen molar-refractivity contribution < 1.29 is 17.9 Å². The highest BCUT2D eigenvalue weighted by molar-refractivity contribution is 7.95. The van der Waals surface area contributed by atoms with Crippen LogP contribution in [-0.2, 0) is 14.8 Å². The number of anilines is 1. The second-order valence-corrected chi connectivity index (χ2v) is 6.68. The molecular weight excluding hydrogens is 340 g/mol. The molecule has 0 fully saturated rings. The van der Waals surface area contributed by atoms with Gasteiger partial charge < -0.3 is 9.72 Å². The molecule has 1 heterocycles. The molecule has 1 aromatic carbocycles. The number of esters is 1. The Hall–Kier alpha value is -2.25. The molecule has 2 aromatic rings. The number of hydrogen-bond donors (Lipinski definition) is 2. The molecule has 6 nitrogen and oxygen atoms in total. The molecule has 2 N–H and O–H groups in total. The van der Waals surface area contributed by atoms with Gasteiger partial charge in [-0.2, -0.15) is 0 Å². The minimum Gasteiger partial charge on any atom is -0.464 e. The molecule has 0 radical (unpaired) electrons. The lowest BCUT2D eigenvalue weighted by Gasteiger charge is -2.05. The maximum absolute atomic E-state index is 12.1. The first-order valence-electron chi connectivity index (χ1n) is 6.56. The zero-order valence-corrected chi connectivity index (χ0v) is 14.0. The summed E-state index contributed by atoms with van der Waals surface area (Å²) in [5.41, 5.74) is 1.36. The van der Waals surface area contributed by atoms with Crippen LogP contribution in [0.5, 0.6) is 0 Å². The van der Waals surface area contributed by atoms with E-state index in [0.29, 0.717) is 16.3 Å². The second-order valence-electron chi connectivity index (χ2n) is 4.70. The smallest absolute Gasteiger partial charge is 0.356 e. The van der Waals surface area contributed by atoms with Crippen LogP contribution in [0.3, 0.4) is 0 Å². The monoisotopic (exact) mass is 354 g/mol. The van der Waals surface area contributed by atoms with Gasteiger partial charge in [0.05, 0.1) is 18.2 Å². The largest absolute Gasteiger partial charge is 0.464 e. The van der Waals surface area contributed by atoms with Crippen molar-refractivity contribution in [3.05, 3.63) is 57.7 Å². The van der Waals surface area contributed by atoms with E-state index in [1.807, 2.05) is 0 Å². The standard InChI is InChI=1S/C15H15ClN2O4S/c1-10-9-13(14(17-10)15(19)22-2)18-23(20,21)8-7-11-5-3-4-6-12(11)16/h3-9,17-18H,1-2H3/b8-7+. The number of H-pyrrole nitrogens is 1. The molecule has 0 saturated carbocycles. The lowest BCUT2D eigenvalue weighted by molar-refractivity contribution is 0.0596. The predicted molar refractivity (Wildman–Crippen MR) is 89.9 cm³/mol. The van der Waals surface area contributed by atoms with E-state index in [1.165, 1.54) is 19.3 Å². The number of rotatable bonds is 5. The van der Waals surface area contributed by atoms with Crippen LogP contribution in [0.4, 0.5) is 5.69 Å². The molecule has 0 aliphatic carbocycles. The zero-order chi connectivity index (χ0) is 17.0. The van der Waals surface area contributed by atoms with Gasteiger partial charge in [0.25, 0.3) is 10.0 Å². The number of carbonyl (C=O) groups is 1. The van der Waals surface area contributed by atoms with Gasteiger partial charge in [-0.3, -0.25) is 4.72 Å². The molecule has 0 aliphatic heterocycles. The van der Waals surface area contributed by atoms with Gasteiger partial charge in [-0.05, 0) is 30.7 Å². The van der Waals surface area contributed by atoms with Crippen molar-refractivity contribution in [1.82, 2.24) is 4.98 Å². The number of benzene rings is 1. The number of nitrogens with one attached hydrogen (secondary N) is 2. The van der Waals surface area contributed by atoms with Gasteiger partial charge in [0.2, 0.25) is 0 Å². The van der Waals surface area contributed by atoms with Gasteiger partial charge in [-0.25, -0.2) is 13.2 Å². The maximum atomic E-state index is 12.1. The fraction of sp³-hybridized carbons (Fsp3) is 0.133. The van der Waals surface area contributed by atoms with Crippen molar-refractivity contribution in [2.24, 2.45) is 0 Å². The Morgan fingerprint density at radius 2 is 2.04 bits per heavy atom. The molecule has 2 rings (SSSR count). The Balaban J connectivity index is 2.26. The molecule has 0 amide bonds. The Morgan fingerprint density at radius 3 is 2.70 bits per heavy atom. The number of ether oxygens (including phenoxy) is 1. The fourth-order valence-electron chi connectivity index (χ4n) is 1.89. The third-order valence-corrected chi connectivity index (χ3v) is 4.27. The summed E-state index contributed by atoms with van der Waals surface area (Å²) in [6.45, 7) is 1.70. The van der Waals surface area contributed by atoms with Crippen LogP contribution in [0.25, 0.3) is 6.08 Å². The molecule has 0 bridgehead atoms. The van der Waals surface area contributed by atoms with E-state index in [9.17, 15) is 13.2 Å². The van der Waals surface area contributed by atoms with E-state index in [0.717, 1.165) is 5.41 Å². The fourth-order valence-corrected chi connectivity index (χ4v) is 2.95. The second kappa shape index (κ2) is 6.89. The van der Waals surface area contributed by atoms with Crippen LogP contribution in [0.2, 0.25) is 5.02 Å². The Kier molecular flexibility index (Phi) is 5.12. The average molecular weight is 355 g/mol. The quantitative estimate of drug-likeness (QED) is 0.807. The highest BCUT2D eigenvalue weighted by atomic mass is 35.5. The first kappa shape index (κ1) is 17.1. The summed E-state index contributed by atoms with van der Waals surface area (Å²) in [7, 11) is -2.60. The number of aryl methyl sites for hydroxylation is 1. The van der Waals surface area contributed by atoms with Crippen molar-refractivity contribution in [1.29, 1.82) is 0 Å².